The third-order valence-electron chi connectivity index (χ3n) is 3.78. The highest BCUT2D eigenvalue weighted by Gasteiger charge is 2.45. The van der Waals surface area contributed by atoms with Crippen molar-refractivity contribution < 1.29 is 4.52 Å². The molecular weight excluding hydrogens is 192 g/mol. The predicted molar refractivity (Wildman–Crippen MR) is 55.2 cm³/mol. The van der Waals surface area contributed by atoms with Crippen LogP contribution >= 0.6 is 0 Å². The molecule has 0 aromatic carbocycles. The summed E-state index contributed by atoms with van der Waals surface area (Å²) in [6, 6.07) is 0. The Morgan fingerprint density at radius 3 is 2.67 bits per heavy atom. The van der Waals surface area contributed by atoms with Crippen molar-refractivity contribution in [3.05, 3.63) is 5.89 Å². The van der Waals surface area contributed by atoms with Crippen LogP contribution in [0.5, 0.6) is 0 Å². The van der Waals surface area contributed by atoms with Gasteiger partial charge in [-0.3, -0.25) is 4.90 Å². The number of fused-ring (bicyclic) bond motifs is 1. The van der Waals surface area contributed by atoms with Gasteiger partial charge < -0.3 is 10.3 Å². The van der Waals surface area contributed by atoms with E-state index in [4.69, 9.17) is 10.3 Å². The molecule has 2 saturated heterocycles. The van der Waals surface area contributed by atoms with E-state index in [-0.39, 0.29) is 5.95 Å². The molecule has 3 rings (SSSR count). The lowest BCUT2D eigenvalue weighted by molar-refractivity contribution is 0.178. The van der Waals surface area contributed by atoms with Crippen molar-refractivity contribution in [3.63, 3.8) is 0 Å². The Hall–Kier alpha value is -1.10. The molecule has 2 N–H and O–H groups in total. The molecule has 3 heterocycles. The molecule has 15 heavy (non-hydrogen) atoms. The highest BCUT2D eigenvalue weighted by atomic mass is 16.5. The number of nitrogens with two attached hydrogens (primary N) is 1. The first-order chi connectivity index (χ1) is 7.28. The molecule has 0 amide bonds. The van der Waals surface area contributed by atoms with E-state index in [2.05, 4.69) is 15.0 Å². The molecule has 5 nitrogen and oxygen atoms in total. The third-order valence-corrected chi connectivity index (χ3v) is 3.78. The molecule has 2 fully saturated rings. The summed E-state index contributed by atoms with van der Waals surface area (Å²) in [5.74, 6) is 0.949. The van der Waals surface area contributed by atoms with E-state index in [1.165, 1.54) is 38.8 Å². The molecule has 0 aliphatic carbocycles. The normalized spacial score (nSPS) is 24.5. The maximum Gasteiger partial charge on any atom is 0.260 e. The Labute approximate surface area is 88.6 Å². The molecule has 0 unspecified atom stereocenters. The smallest absolute Gasteiger partial charge is 0.260 e. The molecule has 1 aromatic heterocycles. The number of nitrogen functional groups attached to an aromatic ring is 1. The molecule has 2 aliphatic rings. The summed E-state index contributed by atoms with van der Waals surface area (Å²) in [6.45, 7) is 2.45. The van der Waals surface area contributed by atoms with Crippen LogP contribution < -0.4 is 5.73 Å². The van der Waals surface area contributed by atoms with Crippen LogP contribution in [0.2, 0.25) is 0 Å². The summed E-state index contributed by atoms with van der Waals surface area (Å²) in [4.78, 5) is 6.68. The van der Waals surface area contributed by atoms with Crippen molar-refractivity contribution in [2.45, 2.75) is 37.6 Å². The molecule has 0 saturated carbocycles. The van der Waals surface area contributed by atoms with Crippen LogP contribution in [0, 0.1) is 0 Å². The molecule has 0 spiro atoms. The van der Waals surface area contributed by atoms with Gasteiger partial charge in [-0.2, -0.15) is 4.98 Å². The van der Waals surface area contributed by atoms with Gasteiger partial charge in [0.05, 0.1) is 0 Å². The van der Waals surface area contributed by atoms with E-state index in [1.54, 1.807) is 0 Å². The van der Waals surface area contributed by atoms with Crippen molar-refractivity contribution in [2.75, 3.05) is 18.8 Å². The van der Waals surface area contributed by atoms with Gasteiger partial charge in [-0.15, -0.1) is 0 Å². The van der Waals surface area contributed by atoms with E-state index in [0.717, 1.165) is 6.42 Å². The van der Waals surface area contributed by atoms with Gasteiger partial charge in [-0.05, 0) is 43.9 Å². The zero-order valence-electron chi connectivity index (χ0n) is 8.78. The first kappa shape index (κ1) is 9.15. The summed E-state index contributed by atoms with van der Waals surface area (Å²) in [5, 5.41) is 3.64. The zero-order chi connectivity index (χ0) is 10.3. The van der Waals surface area contributed by atoms with E-state index in [0.29, 0.717) is 11.4 Å². The van der Waals surface area contributed by atoms with Crippen LogP contribution in [0.15, 0.2) is 4.52 Å². The SMILES string of the molecule is Nc1noc(CC23CCCN2CCC3)n1. The van der Waals surface area contributed by atoms with Gasteiger partial charge in [0.2, 0.25) is 5.89 Å². The van der Waals surface area contributed by atoms with Crippen LogP contribution in [0.3, 0.4) is 0 Å². The minimum Gasteiger partial charge on any atom is -0.365 e. The number of anilines is 1. The van der Waals surface area contributed by atoms with Gasteiger partial charge in [0.25, 0.3) is 5.95 Å². The van der Waals surface area contributed by atoms with Crippen molar-refractivity contribution >= 4 is 5.95 Å². The minimum atomic E-state index is 0.254. The molecule has 0 atom stereocenters. The zero-order valence-corrected chi connectivity index (χ0v) is 8.78. The second kappa shape index (κ2) is 3.20. The van der Waals surface area contributed by atoms with Crippen molar-refractivity contribution in [3.8, 4) is 0 Å². The first-order valence-electron chi connectivity index (χ1n) is 5.62. The maximum absolute atomic E-state index is 5.46. The lowest BCUT2D eigenvalue weighted by Gasteiger charge is -2.30. The fourth-order valence-electron chi connectivity index (χ4n) is 3.14. The average Bonchev–Trinajstić information content (AvgIpc) is 2.81. The molecule has 1 aromatic rings. The number of rotatable bonds is 2. The van der Waals surface area contributed by atoms with Crippen LogP contribution in [0.1, 0.15) is 31.6 Å². The summed E-state index contributed by atoms with van der Waals surface area (Å²) in [7, 11) is 0. The van der Waals surface area contributed by atoms with Gasteiger partial charge in [0.1, 0.15) is 0 Å². The highest BCUT2D eigenvalue weighted by Crippen LogP contribution is 2.40. The van der Waals surface area contributed by atoms with Gasteiger partial charge in [-0.1, -0.05) is 0 Å². The maximum atomic E-state index is 5.46. The number of hydrogen-bond donors (Lipinski definition) is 1. The molecule has 82 valence electrons. The monoisotopic (exact) mass is 208 g/mol. The van der Waals surface area contributed by atoms with Crippen LogP contribution in [0.25, 0.3) is 0 Å². The lowest BCUT2D eigenvalue weighted by Crippen LogP contribution is -2.40. The van der Waals surface area contributed by atoms with Gasteiger partial charge >= 0.3 is 0 Å². The van der Waals surface area contributed by atoms with E-state index >= 15 is 0 Å². The Bertz CT molecular complexity index is 352. The summed E-state index contributed by atoms with van der Waals surface area (Å²) >= 11 is 0. The fraction of sp³-hybridized carbons (Fsp3) is 0.800. The van der Waals surface area contributed by atoms with Gasteiger partial charge in [0, 0.05) is 12.0 Å². The second-order valence-corrected chi connectivity index (χ2v) is 4.64. The number of hydrogen-bond acceptors (Lipinski definition) is 5. The molecule has 0 radical (unpaired) electrons. The fourth-order valence-corrected chi connectivity index (χ4v) is 3.14. The quantitative estimate of drug-likeness (QED) is 0.779. The topological polar surface area (TPSA) is 68.2 Å². The Kier molecular flexibility index (Phi) is 1.95. The van der Waals surface area contributed by atoms with E-state index in [9.17, 15) is 0 Å². The van der Waals surface area contributed by atoms with Gasteiger partial charge in [0.15, 0.2) is 0 Å². The summed E-state index contributed by atoms with van der Waals surface area (Å²) < 4.78 is 5.12. The highest BCUT2D eigenvalue weighted by molar-refractivity contribution is 5.13. The van der Waals surface area contributed by atoms with Crippen LogP contribution in [-0.4, -0.2) is 33.7 Å². The Morgan fingerprint density at radius 1 is 1.33 bits per heavy atom. The third kappa shape index (κ3) is 1.42. The Morgan fingerprint density at radius 2 is 2.07 bits per heavy atom. The molecule has 2 aliphatic heterocycles. The average molecular weight is 208 g/mol. The molecule has 5 heteroatoms. The van der Waals surface area contributed by atoms with E-state index in [1.807, 2.05) is 0 Å². The molecule has 0 bridgehead atoms. The lowest BCUT2D eigenvalue weighted by atomic mass is 9.90. The van der Waals surface area contributed by atoms with Crippen LogP contribution in [-0.2, 0) is 6.42 Å². The van der Waals surface area contributed by atoms with E-state index < -0.39 is 0 Å². The number of nitrogens with zero attached hydrogens (tertiary/aromatic N) is 3. The van der Waals surface area contributed by atoms with Crippen molar-refractivity contribution in [2.24, 2.45) is 0 Å². The summed E-state index contributed by atoms with van der Waals surface area (Å²) in [6.07, 6.45) is 5.98. The van der Waals surface area contributed by atoms with Crippen LogP contribution in [0.4, 0.5) is 5.95 Å². The minimum absolute atomic E-state index is 0.254. The first-order valence-corrected chi connectivity index (χ1v) is 5.62. The van der Waals surface area contributed by atoms with Gasteiger partial charge in [-0.25, -0.2) is 0 Å². The molecular formula is C10H16N4O. The van der Waals surface area contributed by atoms with Crippen molar-refractivity contribution in [1.82, 2.24) is 15.0 Å². The Balaban J connectivity index is 1.81. The standard InChI is InChI=1S/C10H16N4O/c11-9-12-8(15-13-9)7-10-3-1-5-14(10)6-2-4-10/h1-7H2,(H2,11,13). The predicted octanol–water partition coefficient (Wildman–Crippen LogP) is 0.823. The second-order valence-electron chi connectivity index (χ2n) is 4.64. The largest absolute Gasteiger partial charge is 0.365 e. The number of aromatic nitrogens is 2. The van der Waals surface area contributed by atoms with Crippen molar-refractivity contribution in [1.29, 1.82) is 0 Å². The summed E-state index contributed by atoms with van der Waals surface area (Å²) in [5.41, 5.74) is 5.76.